The number of nitrogens with one attached hydrogen (secondary N) is 2. The van der Waals surface area contributed by atoms with E-state index in [-0.39, 0.29) is 17.9 Å². The van der Waals surface area contributed by atoms with Gasteiger partial charge in [-0.05, 0) is 73.7 Å². The molecule has 2 amide bonds. The van der Waals surface area contributed by atoms with Gasteiger partial charge in [-0.15, -0.1) is 0 Å². The van der Waals surface area contributed by atoms with Gasteiger partial charge in [0.15, 0.2) is 0 Å². The van der Waals surface area contributed by atoms with Crippen molar-refractivity contribution in [3.63, 3.8) is 0 Å². The van der Waals surface area contributed by atoms with Crippen LogP contribution in [-0.2, 0) is 0 Å². The highest BCUT2D eigenvalue weighted by Crippen LogP contribution is 2.21. The summed E-state index contributed by atoms with van der Waals surface area (Å²) < 4.78 is 0. The van der Waals surface area contributed by atoms with Crippen molar-refractivity contribution >= 4 is 23.6 Å². The average Bonchev–Trinajstić information content (AvgIpc) is 3.56. The predicted molar refractivity (Wildman–Crippen MR) is 117 cm³/mol. The summed E-state index contributed by atoms with van der Waals surface area (Å²) in [5.74, 6) is -0.200. The van der Waals surface area contributed by atoms with Gasteiger partial charge in [-0.1, -0.05) is 24.3 Å². The van der Waals surface area contributed by atoms with Crippen molar-refractivity contribution in [2.45, 2.75) is 38.8 Å². The number of carbonyl (C=O) groups is 2. The minimum atomic E-state index is -0.210. The lowest BCUT2D eigenvalue weighted by Crippen LogP contribution is -2.28. The van der Waals surface area contributed by atoms with Crippen LogP contribution in [-0.4, -0.2) is 31.1 Å². The van der Waals surface area contributed by atoms with Crippen molar-refractivity contribution in [2.75, 3.05) is 7.05 Å². The first-order chi connectivity index (χ1) is 14.0. The molecule has 2 aromatic rings. The molecule has 1 atom stereocenters. The molecule has 2 N–H and O–H groups in total. The molecule has 0 aromatic heterocycles. The molecule has 5 heteroatoms. The third-order valence-electron chi connectivity index (χ3n) is 4.99. The number of nitrogens with zero attached hydrogens (tertiary/aromatic N) is 1. The molecular formula is C24H27N3O2. The van der Waals surface area contributed by atoms with Gasteiger partial charge in [0, 0.05) is 30.4 Å². The van der Waals surface area contributed by atoms with Crippen molar-refractivity contribution in [3.8, 4) is 0 Å². The van der Waals surface area contributed by atoms with Crippen molar-refractivity contribution in [2.24, 2.45) is 4.99 Å². The Labute approximate surface area is 171 Å². The highest BCUT2D eigenvalue weighted by Gasteiger charge is 2.24. The highest BCUT2D eigenvalue weighted by molar-refractivity contribution is 5.96. The fraction of sp³-hybridized carbons (Fsp3) is 0.292. The summed E-state index contributed by atoms with van der Waals surface area (Å²) in [7, 11) is 1.73. The van der Waals surface area contributed by atoms with Crippen molar-refractivity contribution in [1.82, 2.24) is 10.6 Å². The molecule has 29 heavy (non-hydrogen) atoms. The maximum absolute atomic E-state index is 12.6. The minimum absolute atomic E-state index is 0.0555. The number of hydrogen-bond donors (Lipinski definition) is 2. The van der Waals surface area contributed by atoms with Gasteiger partial charge in [0.25, 0.3) is 11.8 Å². The first-order valence-electron chi connectivity index (χ1n) is 9.89. The summed E-state index contributed by atoms with van der Waals surface area (Å²) in [5.41, 5.74) is 4.25. The Kier molecular flexibility index (Phi) is 6.60. The van der Waals surface area contributed by atoms with Crippen molar-refractivity contribution < 1.29 is 9.59 Å². The van der Waals surface area contributed by atoms with E-state index in [0.717, 1.165) is 29.5 Å². The predicted octanol–water partition coefficient (Wildman–Crippen LogP) is 4.17. The summed E-state index contributed by atoms with van der Waals surface area (Å²) in [6.07, 6.45) is 5.79. The minimum Gasteiger partial charge on any atom is -0.349 e. The van der Waals surface area contributed by atoms with Gasteiger partial charge in [0.05, 0.1) is 6.04 Å². The Balaban J connectivity index is 1.65. The van der Waals surface area contributed by atoms with Gasteiger partial charge in [0.1, 0.15) is 0 Å². The normalized spacial score (nSPS) is 15.2. The lowest BCUT2D eigenvalue weighted by atomic mass is 10.0. The fourth-order valence-corrected chi connectivity index (χ4v) is 2.98. The van der Waals surface area contributed by atoms with Crippen LogP contribution in [0.15, 0.2) is 59.6 Å². The number of amides is 2. The summed E-state index contributed by atoms with van der Waals surface area (Å²) >= 11 is 0. The lowest BCUT2D eigenvalue weighted by Gasteiger charge is -2.16. The van der Waals surface area contributed by atoms with E-state index in [4.69, 9.17) is 0 Å². The molecule has 1 aliphatic rings. The van der Waals surface area contributed by atoms with Gasteiger partial charge < -0.3 is 10.6 Å². The molecule has 5 nitrogen and oxygen atoms in total. The van der Waals surface area contributed by atoms with Gasteiger partial charge in [-0.3, -0.25) is 14.6 Å². The smallest absolute Gasteiger partial charge is 0.251 e. The van der Waals surface area contributed by atoms with Crippen LogP contribution in [0.1, 0.15) is 64.6 Å². The SMILES string of the molecule is C/N=C\C=C(/C)c1ccc(C(=O)N[C@H](C)c2cccc(C(=O)NC3CC3)c2)cc1. The van der Waals surface area contributed by atoms with Crippen LogP contribution < -0.4 is 10.6 Å². The van der Waals surface area contributed by atoms with E-state index < -0.39 is 0 Å². The van der Waals surface area contributed by atoms with E-state index >= 15 is 0 Å². The molecule has 0 aliphatic heterocycles. The Bertz CT molecular complexity index is 941. The number of hydrogen-bond acceptors (Lipinski definition) is 3. The standard InChI is InChI=1S/C24H27N3O2/c1-16(13-14-25-3)18-7-9-19(10-8-18)23(28)26-17(2)20-5-4-6-21(15-20)24(29)27-22-11-12-22/h4-10,13-15,17,22H,11-12H2,1-3H3,(H,26,28)(H,27,29)/b16-13+,25-14-/t17-/m1/s1. The molecule has 1 saturated carbocycles. The Hall–Kier alpha value is -3.21. The van der Waals surface area contributed by atoms with Crippen LogP contribution >= 0.6 is 0 Å². The number of carbonyl (C=O) groups excluding carboxylic acids is 2. The monoisotopic (exact) mass is 389 g/mol. The molecule has 1 aliphatic carbocycles. The summed E-state index contributed by atoms with van der Waals surface area (Å²) in [6.45, 7) is 3.92. The number of rotatable bonds is 7. The van der Waals surface area contributed by atoms with Gasteiger partial charge in [-0.25, -0.2) is 0 Å². The van der Waals surface area contributed by atoms with Gasteiger partial charge >= 0.3 is 0 Å². The Morgan fingerprint density at radius 1 is 1.03 bits per heavy atom. The van der Waals surface area contributed by atoms with Crippen molar-refractivity contribution in [1.29, 1.82) is 0 Å². The third kappa shape index (κ3) is 5.64. The van der Waals surface area contributed by atoms with Crippen molar-refractivity contribution in [3.05, 3.63) is 76.9 Å². The molecule has 0 unspecified atom stereocenters. The van der Waals surface area contributed by atoms with Gasteiger partial charge in [0.2, 0.25) is 0 Å². The molecular weight excluding hydrogens is 362 g/mol. The first kappa shape index (κ1) is 20.5. The van der Waals surface area contributed by atoms with E-state index in [2.05, 4.69) is 15.6 Å². The summed E-state index contributed by atoms with van der Waals surface area (Å²) in [5, 5.41) is 6.00. The van der Waals surface area contributed by atoms with E-state index in [0.29, 0.717) is 17.2 Å². The quantitative estimate of drug-likeness (QED) is 0.698. The molecule has 0 radical (unpaired) electrons. The Morgan fingerprint density at radius 2 is 1.72 bits per heavy atom. The molecule has 1 fully saturated rings. The molecule has 0 spiro atoms. The van der Waals surface area contributed by atoms with Crippen LogP contribution in [0.4, 0.5) is 0 Å². The zero-order chi connectivity index (χ0) is 20.8. The molecule has 0 saturated heterocycles. The maximum atomic E-state index is 12.6. The maximum Gasteiger partial charge on any atom is 0.251 e. The zero-order valence-corrected chi connectivity index (χ0v) is 17.1. The summed E-state index contributed by atoms with van der Waals surface area (Å²) in [6, 6.07) is 15.0. The fourth-order valence-electron chi connectivity index (χ4n) is 2.98. The number of aliphatic imine (C=N–C) groups is 1. The summed E-state index contributed by atoms with van der Waals surface area (Å²) in [4.78, 5) is 28.8. The molecule has 3 rings (SSSR count). The third-order valence-corrected chi connectivity index (χ3v) is 4.99. The van der Waals surface area contributed by atoms with Crippen LogP contribution in [0.3, 0.4) is 0 Å². The molecule has 0 heterocycles. The molecule has 150 valence electrons. The average molecular weight is 389 g/mol. The first-order valence-corrected chi connectivity index (χ1v) is 9.89. The second-order valence-corrected chi connectivity index (χ2v) is 7.40. The van der Waals surface area contributed by atoms with Crippen LogP contribution in [0.5, 0.6) is 0 Å². The topological polar surface area (TPSA) is 70.6 Å². The van der Waals surface area contributed by atoms with Crippen LogP contribution in [0.25, 0.3) is 5.57 Å². The van der Waals surface area contributed by atoms with Gasteiger partial charge in [-0.2, -0.15) is 0 Å². The lowest BCUT2D eigenvalue weighted by molar-refractivity contribution is 0.0937. The Morgan fingerprint density at radius 3 is 2.38 bits per heavy atom. The van der Waals surface area contributed by atoms with Crippen LogP contribution in [0, 0.1) is 0 Å². The van der Waals surface area contributed by atoms with Crippen LogP contribution in [0.2, 0.25) is 0 Å². The van der Waals surface area contributed by atoms with E-state index in [1.807, 2.05) is 62.4 Å². The molecule has 2 aromatic carbocycles. The van der Waals surface area contributed by atoms with E-state index in [9.17, 15) is 9.59 Å². The number of benzene rings is 2. The second-order valence-electron chi connectivity index (χ2n) is 7.40. The second kappa shape index (κ2) is 9.32. The number of allylic oxidation sites excluding steroid dienone is 2. The van der Waals surface area contributed by atoms with E-state index in [1.165, 1.54) is 0 Å². The zero-order valence-electron chi connectivity index (χ0n) is 17.1. The largest absolute Gasteiger partial charge is 0.349 e. The van der Waals surface area contributed by atoms with E-state index in [1.54, 1.807) is 19.3 Å². The molecule has 0 bridgehead atoms. The highest BCUT2D eigenvalue weighted by atomic mass is 16.2.